The third-order valence-electron chi connectivity index (χ3n) is 4.19. The highest BCUT2D eigenvalue weighted by molar-refractivity contribution is 5.92. The molecule has 0 N–H and O–H groups in total. The van der Waals surface area contributed by atoms with Crippen molar-refractivity contribution in [3.8, 4) is 5.75 Å². The van der Waals surface area contributed by atoms with Gasteiger partial charge in [-0.15, -0.1) is 0 Å². The van der Waals surface area contributed by atoms with Crippen molar-refractivity contribution in [2.45, 2.75) is 31.9 Å². The number of carbonyl (C=O) groups is 1. The van der Waals surface area contributed by atoms with Gasteiger partial charge in [0, 0.05) is 13.7 Å². The second kappa shape index (κ2) is 8.11. The molecule has 0 bridgehead atoms. The molecular weight excluding hydrogens is 327 g/mol. The average molecular weight is 348 g/mol. The van der Waals surface area contributed by atoms with Crippen molar-refractivity contribution in [3.05, 3.63) is 47.9 Å². The first kappa shape index (κ1) is 17.4. The van der Waals surface area contributed by atoms with Gasteiger partial charge < -0.3 is 18.8 Å². The first-order valence-electron chi connectivity index (χ1n) is 8.30. The molecule has 1 aliphatic heterocycles. The lowest BCUT2D eigenvalue weighted by atomic mass is 10.0. The number of rotatable bonds is 6. The summed E-state index contributed by atoms with van der Waals surface area (Å²) in [6, 6.07) is 5.74. The Labute approximate surface area is 145 Å². The maximum atomic E-state index is 12.9. The number of methoxy groups -OCH3 is 1. The van der Waals surface area contributed by atoms with Crippen LogP contribution in [0.3, 0.4) is 0 Å². The quantitative estimate of drug-likeness (QED) is 0.803. The smallest absolute Gasteiger partial charge is 0.276 e. The van der Waals surface area contributed by atoms with Crippen molar-refractivity contribution in [1.29, 1.82) is 0 Å². The third-order valence-corrected chi connectivity index (χ3v) is 4.19. The second-order valence-electron chi connectivity index (χ2n) is 5.97. The highest BCUT2D eigenvalue weighted by Crippen LogP contribution is 2.20. The van der Waals surface area contributed by atoms with Gasteiger partial charge in [-0.05, 0) is 43.5 Å². The van der Waals surface area contributed by atoms with Crippen molar-refractivity contribution in [1.82, 2.24) is 9.88 Å². The molecule has 0 saturated carbocycles. The Balaban J connectivity index is 1.61. The minimum absolute atomic E-state index is 0.0699. The average Bonchev–Trinajstić information content (AvgIpc) is 3.10. The van der Waals surface area contributed by atoms with Crippen LogP contribution in [-0.4, -0.2) is 42.1 Å². The van der Waals surface area contributed by atoms with Gasteiger partial charge in [0.2, 0.25) is 5.89 Å². The van der Waals surface area contributed by atoms with Gasteiger partial charge in [0.05, 0.1) is 12.6 Å². The summed E-state index contributed by atoms with van der Waals surface area (Å²) >= 11 is 0. The van der Waals surface area contributed by atoms with Gasteiger partial charge in [-0.25, -0.2) is 9.37 Å². The first-order valence-corrected chi connectivity index (χ1v) is 8.30. The molecule has 0 spiro atoms. The summed E-state index contributed by atoms with van der Waals surface area (Å²) in [6.45, 7) is 1.28. The number of halogens is 1. The van der Waals surface area contributed by atoms with Crippen molar-refractivity contribution >= 4 is 5.91 Å². The van der Waals surface area contributed by atoms with Gasteiger partial charge in [0.25, 0.3) is 5.91 Å². The molecule has 1 aromatic carbocycles. The van der Waals surface area contributed by atoms with Crippen LogP contribution in [0.4, 0.5) is 4.39 Å². The highest BCUT2D eigenvalue weighted by Gasteiger charge is 2.29. The molecule has 7 heteroatoms. The Morgan fingerprint density at radius 3 is 2.92 bits per heavy atom. The van der Waals surface area contributed by atoms with Crippen LogP contribution in [0.1, 0.15) is 35.6 Å². The molecule has 2 heterocycles. The van der Waals surface area contributed by atoms with E-state index in [9.17, 15) is 9.18 Å². The number of piperidine rings is 1. The summed E-state index contributed by atoms with van der Waals surface area (Å²) in [6.07, 6.45) is 4.35. The zero-order valence-corrected chi connectivity index (χ0v) is 14.1. The lowest BCUT2D eigenvalue weighted by molar-refractivity contribution is 0.0423. The summed E-state index contributed by atoms with van der Waals surface area (Å²) in [5.74, 6) is 0.318. The molecule has 6 nitrogen and oxygen atoms in total. The monoisotopic (exact) mass is 348 g/mol. The number of oxazole rings is 1. The number of nitrogens with zero attached hydrogens (tertiary/aromatic N) is 2. The van der Waals surface area contributed by atoms with Crippen LogP contribution in [0.15, 0.2) is 34.9 Å². The summed E-state index contributed by atoms with van der Waals surface area (Å²) in [7, 11) is 1.64. The van der Waals surface area contributed by atoms with Crippen LogP contribution in [0.25, 0.3) is 0 Å². The van der Waals surface area contributed by atoms with E-state index in [4.69, 9.17) is 13.9 Å². The minimum Gasteiger partial charge on any atom is -0.484 e. The van der Waals surface area contributed by atoms with Crippen LogP contribution in [-0.2, 0) is 11.3 Å². The normalized spacial score (nSPS) is 17.5. The number of likely N-dealkylation sites (tertiary alicyclic amines) is 1. The highest BCUT2D eigenvalue weighted by atomic mass is 19.1. The SMILES string of the molecule is COCC1CCCCN1C(=O)c1coc(COc2ccc(F)cc2)n1. The molecular formula is C18H21FN2O4. The summed E-state index contributed by atoms with van der Waals surface area (Å²) in [5, 5.41) is 0. The molecule has 3 rings (SSSR count). The molecule has 1 atom stereocenters. The van der Waals surface area contributed by atoms with Crippen LogP contribution in [0.2, 0.25) is 0 Å². The van der Waals surface area contributed by atoms with Crippen LogP contribution in [0, 0.1) is 5.82 Å². The molecule has 1 unspecified atom stereocenters. The molecule has 1 fully saturated rings. The van der Waals surface area contributed by atoms with E-state index in [1.165, 1.54) is 30.5 Å². The molecule has 1 saturated heterocycles. The zero-order chi connectivity index (χ0) is 17.6. The van der Waals surface area contributed by atoms with Crippen molar-refractivity contribution in [3.63, 3.8) is 0 Å². The standard InChI is InChI=1S/C18H21FN2O4/c1-23-10-14-4-2-3-9-21(14)18(22)16-11-25-17(20-16)12-24-15-7-5-13(19)6-8-15/h5-8,11,14H,2-4,9-10,12H2,1H3. The Hall–Kier alpha value is -2.41. The fourth-order valence-electron chi connectivity index (χ4n) is 2.93. The molecule has 134 valence electrons. The maximum Gasteiger partial charge on any atom is 0.276 e. The molecule has 2 aromatic rings. The number of carbonyl (C=O) groups excluding carboxylic acids is 1. The van der Waals surface area contributed by atoms with E-state index >= 15 is 0 Å². The molecule has 25 heavy (non-hydrogen) atoms. The fraction of sp³-hybridized carbons (Fsp3) is 0.444. The number of aromatic nitrogens is 1. The predicted molar refractivity (Wildman–Crippen MR) is 87.8 cm³/mol. The van der Waals surface area contributed by atoms with Gasteiger partial charge in [-0.3, -0.25) is 4.79 Å². The molecule has 1 aromatic heterocycles. The summed E-state index contributed by atoms with van der Waals surface area (Å²) in [4.78, 5) is 18.7. The molecule has 1 aliphatic rings. The number of benzene rings is 1. The number of hydrogen-bond acceptors (Lipinski definition) is 5. The lowest BCUT2D eigenvalue weighted by Crippen LogP contribution is -2.46. The van der Waals surface area contributed by atoms with Crippen molar-refractivity contribution < 1.29 is 23.1 Å². The Kier molecular flexibility index (Phi) is 5.65. The van der Waals surface area contributed by atoms with E-state index in [1.807, 2.05) is 0 Å². The maximum absolute atomic E-state index is 12.9. The van der Waals surface area contributed by atoms with E-state index in [-0.39, 0.29) is 30.1 Å². The van der Waals surface area contributed by atoms with E-state index in [1.54, 1.807) is 12.0 Å². The third kappa shape index (κ3) is 4.36. The lowest BCUT2D eigenvalue weighted by Gasteiger charge is -2.34. The van der Waals surface area contributed by atoms with Gasteiger partial charge in [-0.1, -0.05) is 0 Å². The molecule has 0 radical (unpaired) electrons. The zero-order valence-electron chi connectivity index (χ0n) is 14.1. The van der Waals surface area contributed by atoms with Crippen LogP contribution >= 0.6 is 0 Å². The van der Waals surface area contributed by atoms with Gasteiger partial charge in [0.15, 0.2) is 12.3 Å². The predicted octanol–water partition coefficient (Wildman–Crippen LogP) is 3.03. The molecule has 1 amide bonds. The van der Waals surface area contributed by atoms with E-state index in [2.05, 4.69) is 4.98 Å². The van der Waals surface area contributed by atoms with E-state index in [0.717, 1.165) is 19.3 Å². The van der Waals surface area contributed by atoms with E-state index < -0.39 is 0 Å². The van der Waals surface area contributed by atoms with Crippen LogP contribution < -0.4 is 4.74 Å². The summed E-state index contributed by atoms with van der Waals surface area (Å²) < 4.78 is 28.9. The van der Waals surface area contributed by atoms with Gasteiger partial charge >= 0.3 is 0 Å². The Morgan fingerprint density at radius 2 is 2.16 bits per heavy atom. The number of ether oxygens (including phenoxy) is 2. The van der Waals surface area contributed by atoms with Gasteiger partial charge in [-0.2, -0.15) is 0 Å². The van der Waals surface area contributed by atoms with Gasteiger partial charge in [0.1, 0.15) is 17.8 Å². The Morgan fingerprint density at radius 1 is 1.36 bits per heavy atom. The molecule has 0 aliphatic carbocycles. The topological polar surface area (TPSA) is 64.8 Å². The Bertz CT molecular complexity index is 699. The number of amides is 1. The number of hydrogen-bond donors (Lipinski definition) is 0. The first-order chi connectivity index (χ1) is 12.2. The summed E-state index contributed by atoms with van der Waals surface area (Å²) in [5.41, 5.74) is 0.265. The second-order valence-corrected chi connectivity index (χ2v) is 5.97. The van der Waals surface area contributed by atoms with Crippen molar-refractivity contribution in [2.75, 3.05) is 20.3 Å². The fourth-order valence-corrected chi connectivity index (χ4v) is 2.93. The minimum atomic E-state index is -0.330. The van der Waals surface area contributed by atoms with Crippen molar-refractivity contribution in [2.24, 2.45) is 0 Å². The van der Waals surface area contributed by atoms with E-state index in [0.29, 0.717) is 24.8 Å². The van der Waals surface area contributed by atoms with Crippen LogP contribution in [0.5, 0.6) is 5.75 Å². The largest absolute Gasteiger partial charge is 0.484 e.